The summed E-state index contributed by atoms with van der Waals surface area (Å²) < 4.78 is 0. The molecular formula is C10H20N2O2. The van der Waals surface area contributed by atoms with Crippen LogP contribution in [0.4, 0.5) is 0 Å². The van der Waals surface area contributed by atoms with Crippen molar-refractivity contribution in [1.82, 2.24) is 4.90 Å². The number of carbonyl (C=O) groups excluding carboxylic acids is 1. The Kier molecular flexibility index (Phi) is 3.17. The van der Waals surface area contributed by atoms with Gasteiger partial charge in [0.2, 0.25) is 5.91 Å². The molecular weight excluding hydrogens is 180 g/mol. The first-order valence-corrected chi connectivity index (χ1v) is 5.12. The average molecular weight is 200 g/mol. The first-order chi connectivity index (χ1) is 6.36. The number of hydrogen-bond acceptors (Lipinski definition) is 3. The molecule has 3 N–H and O–H groups in total. The smallest absolute Gasteiger partial charge is 0.242 e. The zero-order chi connectivity index (χ0) is 10.9. The molecule has 2 atom stereocenters. The second-order valence-corrected chi connectivity index (χ2v) is 4.67. The monoisotopic (exact) mass is 200 g/mol. The molecule has 1 fully saturated rings. The van der Waals surface area contributed by atoms with E-state index in [9.17, 15) is 9.90 Å². The maximum Gasteiger partial charge on any atom is 0.242 e. The molecule has 0 spiro atoms. The molecule has 1 amide bonds. The van der Waals surface area contributed by atoms with E-state index >= 15 is 0 Å². The van der Waals surface area contributed by atoms with Crippen LogP contribution in [0, 0.1) is 5.92 Å². The van der Waals surface area contributed by atoms with Crippen LogP contribution in [0.2, 0.25) is 0 Å². The van der Waals surface area contributed by atoms with Gasteiger partial charge in [-0.2, -0.15) is 0 Å². The van der Waals surface area contributed by atoms with Crippen molar-refractivity contribution in [3.05, 3.63) is 0 Å². The summed E-state index contributed by atoms with van der Waals surface area (Å²) in [5, 5.41) is 9.64. The third-order valence-electron chi connectivity index (χ3n) is 2.77. The summed E-state index contributed by atoms with van der Waals surface area (Å²) in [6.07, 6.45) is 0.516. The van der Waals surface area contributed by atoms with Crippen LogP contribution in [0.5, 0.6) is 0 Å². The highest BCUT2D eigenvalue weighted by molar-refractivity contribution is 5.85. The van der Waals surface area contributed by atoms with E-state index in [0.29, 0.717) is 13.1 Å². The third kappa shape index (κ3) is 2.25. The highest BCUT2D eigenvalue weighted by Crippen LogP contribution is 2.21. The van der Waals surface area contributed by atoms with Crippen molar-refractivity contribution in [1.29, 1.82) is 0 Å². The molecule has 82 valence electrons. The second kappa shape index (κ2) is 3.87. The summed E-state index contributed by atoms with van der Waals surface area (Å²) >= 11 is 0. The maximum atomic E-state index is 11.8. The highest BCUT2D eigenvalue weighted by atomic mass is 16.3. The van der Waals surface area contributed by atoms with Crippen LogP contribution in [0.3, 0.4) is 0 Å². The Labute approximate surface area is 85.1 Å². The van der Waals surface area contributed by atoms with E-state index < -0.39 is 5.54 Å². The number of amides is 1. The number of aliphatic hydroxyl groups is 1. The minimum atomic E-state index is -0.831. The molecule has 0 aromatic rings. The van der Waals surface area contributed by atoms with E-state index in [2.05, 4.69) is 0 Å². The highest BCUT2D eigenvalue weighted by Gasteiger charge is 2.37. The van der Waals surface area contributed by atoms with Crippen molar-refractivity contribution >= 4 is 5.91 Å². The van der Waals surface area contributed by atoms with Crippen LogP contribution in [0.15, 0.2) is 0 Å². The molecule has 1 heterocycles. The molecule has 1 aliphatic heterocycles. The molecule has 1 saturated heterocycles. The second-order valence-electron chi connectivity index (χ2n) is 4.67. The van der Waals surface area contributed by atoms with Crippen LogP contribution in [-0.2, 0) is 4.79 Å². The van der Waals surface area contributed by atoms with Gasteiger partial charge in [-0.3, -0.25) is 4.79 Å². The van der Waals surface area contributed by atoms with Crippen molar-refractivity contribution in [2.75, 3.05) is 13.1 Å². The summed E-state index contributed by atoms with van der Waals surface area (Å²) in [6.45, 7) is 6.48. The lowest BCUT2D eigenvalue weighted by Gasteiger charge is -2.25. The summed E-state index contributed by atoms with van der Waals surface area (Å²) in [7, 11) is 0. The Morgan fingerprint density at radius 1 is 1.57 bits per heavy atom. The lowest BCUT2D eigenvalue weighted by Crippen LogP contribution is -2.50. The number of β-amino-alcohol motifs (C(OH)–C–C–N with tert-alkyl or cyclic N) is 1. The van der Waals surface area contributed by atoms with Gasteiger partial charge in [0, 0.05) is 19.0 Å². The number of aliphatic hydroxyl groups excluding tert-OH is 1. The summed E-state index contributed by atoms with van der Waals surface area (Å²) in [4.78, 5) is 13.4. The third-order valence-corrected chi connectivity index (χ3v) is 2.77. The SMILES string of the molecule is CCC1CN(C(=O)C(C)(C)N)CC1O. The Morgan fingerprint density at radius 3 is 2.50 bits per heavy atom. The van der Waals surface area contributed by atoms with Crippen molar-refractivity contribution in [2.45, 2.75) is 38.8 Å². The first-order valence-electron chi connectivity index (χ1n) is 5.12. The van der Waals surface area contributed by atoms with Crippen LogP contribution in [0.1, 0.15) is 27.2 Å². The van der Waals surface area contributed by atoms with Crippen molar-refractivity contribution in [3.8, 4) is 0 Å². The van der Waals surface area contributed by atoms with Gasteiger partial charge in [0.1, 0.15) is 0 Å². The molecule has 0 aromatic heterocycles. The number of likely N-dealkylation sites (tertiary alicyclic amines) is 1. The Balaban J connectivity index is 2.62. The van der Waals surface area contributed by atoms with E-state index in [1.807, 2.05) is 6.92 Å². The summed E-state index contributed by atoms with van der Waals surface area (Å²) in [5.74, 6) is 0.133. The molecule has 0 bridgehead atoms. The molecule has 4 nitrogen and oxygen atoms in total. The number of rotatable bonds is 2. The van der Waals surface area contributed by atoms with Crippen LogP contribution in [-0.4, -0.2) is 40.6 Å². The number of nitrogens with two attached hydrogens (primary N) is 1. The molecule has 4 heteroatoms. The molecule has 1 aliphatic rings. The van der Waals surface area contributed by atoms with Gasteiger partial charge in [-0.25, -0.2) is 0 Å². The van der Waals surface area contributed by atoms with E-state index in [0.717, 1.165) is 6.42 Å². The maximum absolute atomic E-state index is 11.8. The predicted molar refractivity (Wildman–Crippen MR) is 54.6 cm³/mol. The van der Waals surface area contributed by atoms with E-state index in [1.165, 1.54) is 0 Å². The standard InChI is InChI=1S/C10H20N2O2/c1-4-7-5-12(6-8(7)13)9(14)10(2,3)11/h7-8,13H,4-6,11H2,1-3H3. The van der Waals surface area contributed by atoms with E-state index in [1.54, 1.807) is 18.7 Å². The fourth-order valence-electron chi connectivity index (χ4n) is 1.83. The Bertz CT molecular complexity index is 223. The predicted octanol–water partition coefficient (Wildman–Crippen LogP) is -0.0470. The van der Waals surface area contributed by atoms with E-state index in [-0.39, 0.29) is 17.9 Å². The van der Waals surface area contributed by atoms with Crippen molar-refractivity contribution in [2.24, 2.45) is 11.7 Å². The van der Waals surface area contributed by atoms with Crippen LogP contribution < -0.4 is 5.73 Å². The van der Waals surface area contributed by atoms with Gasteiger partial charge in [0.25, 0.3) is 0 Å². The topological polar surface area (TPSA) is 66.6 Å². The normalized spacial score (nSPS) is 28.2. The fourth-order valence-corrected chi connectivity index (χ4v) is 1.83. The van der Waals surface area contributed by atoms with Crippen LogP contribution in [0.25, 0.3) is 0 Å². The first kappa shape index (κ1) is 11.5. The number of hydrogen-bond donors (Lipinski definition) is 2. The van der Waals surface area contributed by atoms with Gasteiger partial charge in [-0.15, -0.1) is 0 Å². The molecule has 0 saturated carbocycles. The van der Waals surface area contributed by atoms with Crippen molar-refractivity contribution in [3.63, 3.8) is 0 Å². The zero-order valence-electron chi connectivity index (χ0n) is 9.16. The van der Waals surface area contributed by atoms with Crippen molar-refractivity contribution < 1.29 is 9.90 Å². The Hall–Kier alpha value is -0.610. The quantitative estimate of drug-likeness (QED) is 0.657. The molecule has 1 rings (SSSR count). The largest absolute Gasteiger partial charge is 0.391 e. The molecule has 0 radical (unpaired) electrons. The Morgan fingerprint density at radius 2 is 2.14 bits per heavy atom. The van der Waals surface area contributed by atoms with Crippen LogP contribution >= 0.6 is 0 Å². The molecule has 0 aromatic carbocycles. The summed E-state index contributed by atoms with van der Waals surface area (Å²) in [5.41, 5.74) is 4.89. The van der Waals surface area contributed by atoms with Gasteiger partial charge < -0.3 is 15.7 Å². The number of carbonyl (C=O) groups is 1. The lowest BCUT2D eigenvalue weighted by atomic mass is 10.0. The number of nitrogens with zero attached hydrogens (tertiary/aromatic N) is 1. The van der Waals surface area contributed by atoms with Gasteiger partial charge in [-0.1, -0.05) is 6.92 Å². The average Bonchev–Trinajstić information content (AvgIpc) is 2.43. The van der Waals surface area contributed by atoms with Gasteiger partial charge in [0.15, 0.2) is 0 Å². The van der Waals surface area contributed by atoms with Gasteiger partial charge >= 0.3 is 0 Å². The minimum absolute atomic E-state index is 0.0764. The fraction of sp³-hybridized carbons (Fsp3) is 0.900. The van der Waals surface area contributed by atoms with E-state index in [4.69, 9.17) is 5.73 Å². The zero-order valence-corrected chi connectivity index (χ0v) is 9.16. The minimum Gasteiger partial charge on any atom is -0.391 e. The van der Waals surface area contributed by atoms with Gasteiger partial charge in [0.05, 0.1) is 11.6 Å². The van der Waals surface area contributed by atoms with Gasteiger partial charge in [-0.05, 0) is 20.3 Å². The molecule has 14 heavy (non-hydrogen) atoms. The molecule has 0 aliphatic carbocycles. The molecule has 2 unspecified atom stereocenters. The summed E-state index contributed by atoms with van der Waals surface area (Å²) in [6, 6.07) is 0. The lowest BCUT2D eigenvalue weighted by molar-refractivity contribution is -0.135.